The minimum Gasteiger partial charge on any atom is -0.449 e. The molecule has 3 aromatic rings. The first-order valence-corrected chi connectivity index (χ1v) is 11.8. The van der Waals surface area contributed by atoms with Crippen LogP contribution in [0.1, 0.15) is 57.4 Å². The minimum absolute atomic E-state index is 0.119. The van der Waals surface area contributed by atoms with Crippen molar-refractivity contribution in [3.63, 3.8) is 0 Å². The predicted molar refractivity (Wildman–Crippen MR) is 130 cm³/mol. The third-order valence-electron chi connectivity index (χ3n) is 7.47. The molecule has 1 aromatic heterocycles. The number of carbonyl (C=O) groups excluding carboxylic acids is 2. The van der Waals surface area contributed by atoms with Crippen LogP contribution >= 0.6 is 0 Å². The van der Waals surface area contributed by atoms with E-state index in [4.69, 9.17) is 10.00 Å². The number of nitrogens with zero attached hydrogens (tertiary/aromatic N) is 3. The summed E-state index contributed by atoms with van der Waals surface area (Å²) < 4.78 is 5.80. The van der Waals surface area contributed by atoms with Gasteiger partial charge in [0.1, 0.15) is 0 Å². The van der Waals surface area contributed by atoms with E-state index in [2.05, 4.69) is 11.1 Å². The van der Waals surface area contributed by atoms with Crippen LogP contribution in [0.15, 0.2) is 67.0 Å². The number of aromatic nitrogens is 1. The molecule has 6 nitrogen and oxygen atoms in total. The molecule has 2 aliphatic heterocycles. The molecule has 6 heteroatoms. The number of hydrogen-bond donors (Lipinski definition) is 0. The maximum atomic E-state index is 13.6. The first kappa shape index (κ1) is 21.3. The van der Waals surface area contributed by atoms with Crippen LogP contribution in [0.4, 0.5) is 0 Å². The number of rotatable bonds is 4. The van der Waals surface area contributed by atoms with Crippen LogP contribution in [-0.2, 0) is 20.5 Å². The zero-order valence-corrected chi connectivity index (χ0v) is 19.1. The van der Waals surface area contributed by atoms with E-state index in [-0.39, 0.29) is 11.9 Å². The highest BCUT2D eigenvalue weighted by Crippen LogP contribution is 2.52. The van der Waals surface area contributed by atoms with Crippen LogP contribution in [0.3, 0.4) is 0 Å². The number of ether oxygens (including phenoxy) is 1. The molecule has 6 rings (SSSR count). The van der Waals surface area contributed by atoms with Crippen LogP contribution < -0.4 is 0 Å². The van der Waals surface area contributed by atoms with Gasteiger partial charge in [0, 0.05) is 30.9 Å². The quantitative estimate of drug-likeness (QED) is 0.423. The van der Waals surface area contributed by atoms with Gasteiger partial charge in [-0.1, -0.05) is 48.6 Å². The maximum Gasteiger partial charge on any atom is 0.341 e. The molecule has 1 saturated carbocycles. The van der Waals surface area contributed by atoms with Gasteiger partial charge >= 0.3 is 5.97 Å². The van der Waals surface area contributed by atoms with Gasteiger partial charge < -0.3 is 9.64 Å². The number of likely N-dealkylation sites (tertiary alicyclic amines) is 1. The highest BCUT2D eigenvalue weighted by atomic mass is 16.6. The summed E-state index contributed by atoms with van der Waals surface area (Å²) in [6.07, 6.45) is 9.53. The Bertz CT molecular complexity index is 1400. The fraction of sp³-hybridized carbons (Fsp3) is 0.241. The summed E-state index contributed by atoms with van der Waals surface area (Å²) in [5, 5.41) is 8.93. The Morgan fingerprint density at radius 1 is 1.00 bits per heavy atom. The largest absolute Gasteiger partial charge is 0.449 e. The third-order valence-corrected chi connectivity index (χ3v) is 7.47. The third kappa shape index (κ3) is 3.52. The molecule has 2 aromatic carbocycles. The summed E-state index contributed by atoms with van der Waals surface area (Å²) in [5.41, 5.74) is 3.86. The Labute approximate surface area is 203 Å². The average molecular weight is 462 g/mol. The molecule has 1 unspecified atom stereocenters. The molecule has 1 amide bonds. The van der Waals surface area contributed by atoms with E-state index < -0.39 is 11.0 Å². The van der Waals surface area contributed by atoms with Crippen molar-refractivity contribution in [3.8, 4) is 6.07 Å². The minimum atomic E-state index is -0.749. The molecule has 172 valence electrons. The van der Waals surface area contributed by atoms with E-state index in [1.54, 1.807) is 24.5 Å². The van der Waals surface area contributed by atoms with Gasteiger partial charge in [0.2, 0.25) is 5.91 Å². The fourth-order valence-electron chi connectivity index (χ4n) is 5.33. The Kier molecular flexibility index (Phi) is 4.82. The number of fused-ring (bicyclic) bond motifs is 2. The fourth-order valence-corrected chi connectivity index (χ4v) is 5.33. The van der Waals surface area contributed by atoms with Crippen molar-refractivity contribution in [2.45, 2.75) is 30.3 Å². The Morgan fingerprint density at radius 3 is 2.34 bits per heavy atom. The van der Waals surface area contributed by atoms with E-state index in [1.165, 1.54) is 0 Å². The second kappa shape index (κ2) is 7.92. The number of amides is 1. The van der Waals surface area contributed by atoms with Crippen LogP contribution in [0.25, 0.3) is 12.2 Å². The summed E-state index contributed by atoms with van der Waals surface area (Å²) >= 11 is 0. The van der Waals surface area contributed by atoms with Gasteiger partial charge in [-0.2, -0.15) is 5.26 Å². The Hall–Kier alpha value is -4.24. The Balaban J connectivity index is 1.17. The summed E-state index contributed by atoms with van der Waals surface area (Å²) in [5.74, 6) is -0.234. The molecule has 0 bridgehead atoms. The molecular weight excluding hydrogens is 438 g/mol. The summed E-state index contributed by atoms with van der Waals surface area (Å²) in [6, 6.07) is 19.6. The van der Waals surface area contributed by atoms with Crippen LogP contribution in [0.5, 0.6) is 0 Å². The highest BCUT2D eigenvalue weighted by Gasteiger charge is 2.57. The smallest absolute Gasteiger partial charge is 0.341 e. The van der Waals surface area contributed by atoms with Crippen LogP contribution in [0.2, 0.25) is 0 Å². The second-order valence-electron chi connectivity index (χ2n) is 9.55. The maximum absolute atomic E-state index is 13.6. The molecule has 1 saturated heterocycles. The predicted octanol–water partition coefficient (Wildman–Crippen LogP) is 4.45. The van der Waals surface area contributed by atoms with E-state index in [0.29, 0.717) is 30.6 Å². The average Bonchev–Trinajstić information content (AvgIpc) is 3.53. The van der Waals surface area contributed by atoms with Crippen molar-refractivity contribution in [1.82, 2.24) is 9.88 Å². The topological polar surface area (TPSA) is 83.3 Å². The first-order valence-electron chi connectivity index (χ1n) is 11.8. The standard InChI is InChI=1S/C29H23N3O3/c30-17-22-5-3-20(4-6-22)1-2-21-7-9-23(10-8-21)28(12-13-28)27(34)32-16-14-29(19-32)25-11-15-31-18-24(25)26(33)35-29/h1-11,15,18H,12-14,16,19H2/b2-1+. The second-order valence-corrected chi connectivity index (χ2v) is 9.55. The number of pyridine rings is 1. The SMILES string of the molecule is N#Cc1ccc(/C=C/c2ccc(C3(C(=O)N4CCC5(C4)OC(=O)c4cnccc45)CC3)cc2)cc1. The van der Waals surface area contributed by atoms with Crippen molar-refractivity contribution in [3.05, 3.63) is 100 Å². The van der Waals surface area contributed by atoms with Gasteiger partial charge in [0.05, 0.1) is 29.2 Å². The molecule has 1 aliphatic carbocycles. The number of esters is 1. The van der Waals surface area contributed by atoms with Gasteiger partial charge in [-0.15, -0.1) is 0 Å². The first-order chi connectivity index (χ1) is 17.0. The lowest BCUT2D eigenvalue weighted by Gasteiger charge is -2.27. The van der Waals surface area contributed by atoms with Crippen molar-refractivity contribution < 1.29 is 14.3 Å². The normalized spacial score (nSPS) is 21.7. The molecular formula is C29H23N3O3. The molecule has 0 radical (unpaired) electrons. The molecule has 3 heterocycles. The zero-order valence-electron chi connectivity index (χ0n) is 19.1. The summed E-state index contributed by atoms with van der Waals surface area (Å²) in [4.78, 5) is 31.9. The lowest BCUT2D eigenvalue weighted by Crippen LogP contribution is -2.40. The van der Waals surface area contributed by atoms with Crippen molar-refractivity contribution >= 4 is 24.0 Å². The van der Waals surface area contributed by atoms with Gasteiger partial charge in [-0.3, -0.25) is 9.78 Å². The number of hydrogen-bond acceptors (Lipinski definition) is 5. The lowest BCUT2D eigenvalue weighted by molar-refractivity contribution is -0.134. The van der Waals surface area contributed by atoms with Gasteiger partial charge in [-0.05, 0) is 47.7 Å². The summed E-state index contributed by atoms with van der Waals surface area (Å²) in [6.45, 7) is 0.961. The Morgan fingerprint density at radius 2 is 1.69 bits per heavy atom. The number of nitriles is 1. The van der Waals surface area contributed by atoms with Crippen LogP contribution in [-0.4, -0.2) is 34.8 Å². The van der Waals surface area contributed by atoms with Gasteiger partial charge in [0.25, 0.3) is 0 Å². The molecule has 35 heavy (non-hydrogen) atoms. The highest BCUT2D eigenvalue weighted by molar-refractivity contribution is 5.95. The summed E-state index contributed by atoms with van der Waals surface area (Å²) in [7, 11) is 0. The molecule has 3 aliphatic rings. The lowest BCUT2D eigenvalue weighted by atomic mass is 9.92. The van der Waals surface area contributed by atoms with Gasteiger partial charge in [-0.25, -0.2) is 4.79 Å². The molecule has 1 atom stereocenters. The van der Waals surface area contributed by atoms with Crippen molar-refractivity contribution in [1.29, 1.82) is 5.26 Å². The zero-order chi connectivity index (χ0) is 24.0. The van der Waals surface area contributed by atoms with Crippen LogP contribution in [0, 0.1) is 11.3 Å². The molecule has 2 fully saturated rings. The molecule has 1 spiro atoms. The molecule has 0 N–H and O–H groups in total. The van der Waals surface area contributed by atoms with E-state index in [0.717, 1.165) is 35.1 Å². The van der Waals surface area contributed by atoms with E-state index in [9.17, 15) is 9.59 Å². The number of carbonyl (C=O) groups is 2. The van der Waals surface area contributed by atoms with Crippen molar-refractivity contribution in [2.75, 3.05) is 13.1 Å². The van der Waals surface area contributed by atoms with Gasteiger partial charge in [0.15, 0.2) is 5.60 Å². The van der Waals surface area contributed by atoms with Crippen molar-refractivity contribution in [2.24, 2.45) is 0 Å². The number of benzene rings is 2. The van der Waals surface area contributed by atoms with E-state index in [1.807, 2.05) is 59.5 Å². The van der Waals surface area contributed by atoms with E-state index >= 15 is 0 Å². The monoisotopic (exact) mass is 461 g/mol.